The number of rotatable bonds is 3. The fourth-order valence-corrected chi connectivity index (χ4v) is 5.57. The second-order valence-electron chi connectivity index (χ2n) is 11.7. The van der Waals surface area contributed by atoms with E-state index in [1.165, 1.54) is 17.8 Å². The third kappa shape index (κ3) is 4.46. The molecular weight excluding hydrogens is 512 g/mol. The van der Waals surface area contributed by atoms with Crippen LogP contribution >= 0.6 is 0 Å². The first-order valence-corrected chi connectivity index (χ1v) is 13.8. The van der Waals surface area contributed by atoms with Crippen molar-refractivity contribution in [2.75, 3.05) is 0 Å². The summed E-state index contributed by atoms with van der Waals surface area (Å²) in [6.45, 7) is -1.13. The molecular formula is C39H34N2O. The SMILES string of the molecule is [2H]C([2H])([2H])c1ccc2c(n1)oc1c(-c3cc(-c4cc5ccc(-c6ccc(C(C)(C)C)cc6)cc5cc4C([2H])([2H])[2H])c(C([2H])([2H])[2H])cn3)cccc12. The van der Waals surface area contributed by atoms with Crippen LogP contribution in [0.5, 0.6) is 0 Å². The van der Waals surface area contributed by atoms with E-state index in [-0.39, 0.29) is 39.1 Å². The minimum atomic E-state index is -2.61. The summed E-state index contributed by atoms with van der Waals surface area (Å²) in [4.78, 5) is 8.78. The highest BCUT2D eigenvalue weighted by Gasteiger charge is 2.17. The van der Waals surface area contributed by atoms with Gasteiger partial charge in [-0.05, 0) is 112 Å². The summed E-state index contributed by atoms with van der Waals surface area (Å²) in [5.41, 5.74) is 4.85. The summed E-state index contributed by atoms with van der Waals surface area (Å²) in [5.74, 6) is 0. The standard InChI is InChI=1S/C39H34N2O/c1-23-18-29-19-27(26-13-15-30(16-14-26)39(4,5)6)11-12-28(29)20-34(23)35-21-36(40-22-24(35)2)33-9-7-8-31-32-17-10-25(3)41-38(32)42-37(31)33/h7-22H,1-6H3/i1D3,2D3,3D3. The van der Waals surface area contributed by atoms with Crippen molar-refractivity contribution in [2.24, 2.45) is 0 Å². The molecule has 0 bridgehead atoms. The molecule has 7 aromatic rings. The lowest BCUT2D eigenvalue weighted by Gasteiger charge is -2.19. The number of aromatic nitrogens is 2. The number of hydrogen-bond acceptors (Lipinski definition) is 3. The number of fused-ring (bicyclic) bond motifs is 4. The second kappa shape index (κ2) is 9.66. The molecule has 3 heteroatoms. The Morgan fingerprint density at radius 1 is 0.667 bits per heavy atom. The molecule has 42 heavy (non-hydrogen) atoms. The van der Waals surface area contributed by atoms with E-state index in [0.29, 0.717) is 33.0 Å². The van der Waals surface area contributed by atoms with Gasteiger partial charge in [0.1, 0.15) is 5.58 Å². The van der Waals surface area contributed by atoms with Gasteiger partial charge < -0.3 is 4.42 Å². The zero-order chi connectivity index (χ0) is 36.7. The van der Waals surface area contributed by atoms with E-state index in [4.69, 9.17) is 16.8 Å². The third-order valence-corrected chi connectivity index (χ3v) is 7.90. The van der Waals surface area contributed by atoms with Crippen molar-refractivity contribution in [3.05, 3.63) is 120 Å². The van der Waals surface area contributed by atoms with E-state index in [1.54, 1.807) is 36.4 Å². The number of furan rings is 1. The average molecular weight is 556 g/mol. The number of aryl methyl sites for hydroxylation is 3. The maximum Gasteiger partial charge on any atom is 0.227 e. The van der Waals surface area contributed by atoms with Crippen LogP contribution in [0.25, 0.3) is 66.4 Å². The molecule has 0 fully saturated rings. The Hall–Kier alpha value is -4.76. The smallest absolute Gasteiger partial charge is 0.227 e. The predicted octanol–water partition coefficient (Wildman–Crippen LogP) is 10.8. The number of hydrogen-bond donors (Lipinski definition) is 0. The molecule has 0 aliphatic heterocycles. The first-order valence-electron chi connectivity index (χ1n) is 18.3. The van der Waals surface area contributed by atoms with Gasteiger partial charge in [-0.15, -0.1) is 0 Å². The summed E-state index contributed by atoms with van der Waals surface area (Å²) in [7, 11) is 0. The summed E-state index contributed by atoms with van der Waals surface area (Å²) in [6, 6.07) is 27.6. The van der Waals surface area contributed by atoms with E-state index >= 15 is 0 Å². The van der Waals surface area contributed by atoms with Gasteiger partial charge in [-0.3, -0.25) is 4.98 Å². The Morgan fingerprint density at radius 2 is 1.48 bits per heavy atom. The summed E-state index contributed by atoms with van der Waals surface area (Å²) >= 11 is 0. The van der Waals surface area contributed by atoms with E-state index < -0.39 is 20.6 Å². The predicted molar refractivity (Wildman–Crippen MR) is 176 cm³/mol. The van der Waals surface area contributed by atoms with Crippen molar-refractivity contribution in [3.8, 4) is 33.5 Å². The Labute approximate surface area is 259 Å². The molecule has 0 aliphatic carbocycles. The Bertz CT molecular complexity index is 2470. The van der Waals surface area contributed by atoms with Gasteiger partial charge in [0.25, 0.3) is 0 Å². The molecule has 0 unspecified atom stereocenters. The molecule has 206 valence electrons. The molecule has 3 heterocycles. The highest BCUT2D eigenvalue weighted by molar-refractivity contribution is 6.08. The van der Waals surface area contributed by atoms with Crippen LogP contribution in [-0.4, -0.2) is 9.97 Å². The largest absolute Gasteiger partial charge is 0.437 e. The molecule has 0 amide bonds. The normalized spacial score (nSPS) is 16.1. The molecule has 0 aliphatic rings. The third-order valence-electron chi connectivity index (χ3n) is 7.90. The van der Waals surface area contributed by atoms with E-state index in [2.05, 4.69) is 55.0 Å². The van der Waals surface area contributed by atoms with Gasteiger partial charge in [-0.25, -0.2) is 4.98 Å². The minimum absolute atomic E-state index is 0.00846. The van der Waals surface area contributed by atoms with Gasteiger partial charge in [-0.2, -0.15) is 0 Å². The van der Waals surface area contributed by atoms with E-state index in [9.17, 15) is 0 Å². The van der Waals surface area contributed by atoms with Gasteiger partial charge in [0.15, 0.2) is 0 Å². The lowest BCUT2D eigenvalue weighted by atomic mass is 9.86. The molecule has 4 aromatic carbocycles. The minimum Gasteiger partial charge on any atom is -0.437 e. The van der Waals surface area contributed by atoms with Crippen molar-refractivity contribution < 1.29 is 16.8 Å². The average Bonchev–Trinajstić information content (AvgIpc) is 3.44. The zero-order valence-corrected chi connectivity index (χ0v) is 23.5. The Kier molecular flexibility index (Phi) is 4.12. The number of nitrogens with zero attached hydrogens (tertiary/aromatic N) is 2. The molecule has 0 saturated carbocycles. The van der Waals surface area contributed by atoms with Crippen LogP contribution < -0.4 is 0 Å². The van der Waals surface area contributed by atoms with Gasteiger partial charge in [-0.1, -0.05) is 75.4 Å². The summed E-state index contributed by atoms with van der Waals surface area (Å²) < 4.78 is 80.0. The maximum atomic E-state index is 8.53. The highest BCUT2D eigenvalue weighted by Crippen LogP contribution is 2.38. The number of pyridine rings is 2. The fourth-order valence-electron chi connectivity index (χ4n) is 5.57. The number of para-hydroxylation sites is 1. The van der Waals surface area contributed by atoms with Crippen LogP contribution in [0.3, 0.4) is 0 Å². The molecule has 0 saturated heterocycles. The topological polar surface area (TPSA) is 38.9 Å². The molecule has 0 atom stereocenters. The monoisotopic (exact) mass is 555 g/mol. The number of benzene rings is 4. The molecule has 3 aromatic heterocycles. The van der Waals surface area contributed by atoms with Crippen molar-refractivity contribution in [3.63, 3.8) is 0 Å². The van der Waals surface area contributed by atoms with Crippen molar-refractivity contribution in [2.45, 2.75) is 46.7 Å². The lowest BCUT2D eigenvalue weighted by Crippen LogP contribution is -2.10. The Morgan fingerprint density at radius 3 is 2.26 bits per heavy atom. The molecule has 7 rings (SSSR count). The van der Waals surface area contributed by atoms with Crippen molar-refractivity contribution in [1.82, 2.24) is 9.97 Å². The summed E-state index contributed by atoms with van der Waals surface area (Å²) in [5, 5.41) is 2.75. The Balaban J connectivity index is 1.41. The molecule has 0 spiro atoms. The van der Waals surface area contributed by atoms with Gasteiger partial charge in [0.05, 0.1) is 5.69 Å². The van der Waals surface area contributed by atoms with E-state index in [1.807, 2.05) is 24.3 Å². The molecule has 0 N–H and O–H groups in total. The maximum absolute atomic E-state index is 8.53. The lowest BCUT2D eigenvalue weighted by molar-refractivity contribution is 0.590. The summed E-state index contributed by atoms with van der Waals surface area (Å²) in [6.07, 6.45) is 1.27. The fraction of sp³-hybridized carbons (Fsp3) is 0.179. The van der Waals surface area contributed by atoms with Gasteiger partial charge >= 0.3 is 0 Å². The van der Waals surface area contributed by atoms with Crippen LogP contribution in [0.15, 0.2) is 102 Å². The zero-order valence-electron chi connectivity index (χ0n) is 32.5. The second-order valence-corrected chi connectivity index (χ2v) is 11.7. The van der Waals surface area contributed by atoms with Crippen LogP contribution in [-0.2, 0) is 5.41 Å². The quantitative estimate of drug-likeness (QED) is 0.218. The van der Waals surface area contributed by atoms with Gasteiger partial charge in [0, 0.05) is 40.6 Å². The van der Waals surface area contributed by atoms with Gasteiger partial charge in [0.2, 0.25) is 5.71 Å². The molecule has 3 nitrogen and oxygen atoms in total. The van der Waals surface area contributed by atoms with Crippen LogP contribution in [0.4, 0.5) is 0 Å². The van der Waals surface area contributed by atoms with Crippen molar-refractivity contribution in [1.29, 1.82) is 0 Å². The first kappa shape index (κ1) is 17.9. The molecule has 0 radical (unpaired) electrons. The van der Waals surface area contributed by atoms with Crippen LogP contribution in [0, 0.1) is 20.6 Å². The first-order chi connectivity index (χ1) is 23.8. The van der Waals surface area contributed by atoms with Crippen LogP contribution in [0.1, 0.15) is 55.5 Å². The highest BCUT2D eigenvalue weighted by atomic mass is 16.3. The van der Waals surface area contributed by atoms with Crippen LogP contribution in [0.2, 0.25) is 0 Å². The van der Waals surface area contributed by atoms with E-state index in [0.717, 1.165) is 16.5 Å². The van der Waals surface area contributed by atoms with Crippen molar-refractivity contribution >= 4 is 32.8 Å².